The van der Waals surface area contributed by atoms with Crippen molar-refractivity contribution < 1.29 is 18.6 Å². The number of hydrogen-bond donors (Lipinski definition) is 2. The lowest BCUT2D eigenvalue weighted by Crippen LogP contribution is -2.03. The molecule has 21 heavy (non-hydrogen) atoms. The summed E-state index contributed by atoms with van der Waals surface area (Å²) in [5, 5.41) is 12.4. The Morgan fingerprint density at radius 1 is 1.24 bits per heavy atom. The summed E-state index contributed by atoms with van der Waals surface area (Å²) in [4.78, 5) is 0. The third-order valence-electron chi connectivity index (χ3n) is 2.80. The Bertz CT molecular complexity index is 627. The lowest BCUT2D eigenvalue weighted by molar-refractivity contribution is 0.318. The first-order valence-corrected chi connectivity index (χ1v) is 6.72. The molecule has 2 N–H and O–H groups in total. The first-order valence-electron chi connectivity index (χ1n) is 6.34. The van der Waals surface area contributed by atoms with Crippen molar-refractivity contribution in [2.24, 2.45) is 0 Å². The van der Waals surface area contributed by atoms with Gasteiger partial charge in [-0.2, -0.15) is 0 Å². The van der Waals surface area contributed by atoms with Crippen LogP contribution >= 0.6 is 11.6 Å². The number of halogens is 3. The molecule has 0 bridgehead atoms. The predicted molar refractivity (Wildman–Crippen MR) is 78.0 cm³/mol. The standard InChI is InChI=1S/C15H14ClF2NO2/c1-2-21-14-5-9(3-4-13(14)20)8-19-15-11(16)6-10(17)7-12(15)18/h3-7,19-20H,2,8H2,1H3. The third-order valence-corrected chi connectivity index (χ3v) is 3.10. The zero-order chi connectivity index (χ0) is 15.4. The summed E-state index contributed by atoms with van der Waals surface area (Å²) in [5.41, 5.74) is 0.792. The minimum atomic E-state index is -0.760. The fraction of sp³-hybridized carbons (Fsp3) is 0.200. The van der Waals surface area contributed by atoms with Crippen LogP contribution in [0.15, 0.2) is 30.3 Å². The molecular formula is C15H14ClF2NO2. The van der Waals surface area contributed by atoms with Gasteiger partial charge in [0.05, 0.1) is 17.3 Å². The van der Waals surface area contributed by atoms with E-state index in [0.29, 0.717) is 12.4 Å². The van der Waals surface area contributed by atoms with Crippen LogP contribution in [0.25, 0.3) is 0 Å². The molecule has 2 aromatic carbocycles. The van der Waals surface area contributed by atoms with E-state index in [0.717, 1.165) is 17.7 Å². The fourth-order valence-corrected chi connectivity index (χ4v) is 2.10. The second kappa shape index (κ2) is 6.63. The molecule has 6 heteroatoms. The van der Waals surface area contributed by atoms with E-state index in [1.165, 1.54) is 6.07 Å². The summed E-state index contributed by atoms with van der Waals surface area (Å²) in [6.45, 7) is 2.48. The Hall–Kier alpha value is -2.01. The van der Waals surface area contributed by atoms with E-state index in [2.05, 4.69) is 5.32 Å². The van der Waals surface area contributed by atoms with E-state index in [1.807, 2.05) is 0 Å². The maximum Gasteiger partial charge on any atom is 0.161 e. The monoisotopic (exact) mass is 313 g/mol. The number of benzene rings is 2. The van der Waals surface area contributed by atoms with Gasteiger partial charge in [-0.1, -0.05) is 17.7 Å². The van der Waals surface area contributed by atoms with E-state index < -0.39 is 11.6 Å². The van der Waals surface area contributed by atoms with Crippen molar-refractivity contribution in [3.05, 3.63) is 52.6 Å². The Balaban J connectivity index is 2.15. The van der Waals surface area contributed by atoms with Crippen LogP contribution in [0, 0.1) is 11.6 Å². The largest absolute Gasteiger partial charge is 0.504 e. The maximum absolute atomic E-state index is 13.6. The highest BCUT2D eigenvalue weighted by atomic mass is 35.5. The molecular weight excluding hydrogens is 300 g/mol. The molecule has 0 spiro atoms. The van der Waals surface area contributed by atoms with Crippen molar-refractivity contribution in [3.63, 3.8) is 0 Å². The van der Waals surface area contributed by atoms with Crippen LogP contribution in [0.5, 0.6) is 11.5 Å². The van der Waals surface area contributed by atoms with Crippen LogP contribution in [0.4, 0.5) is 14.5 Å². The zero-order valence-corrected chi connectivity index (χ0v) is 12.0. The molecule has 0 aliphatic rings. The highest BCUT2D eigenvalue weighted by Crippen LogP contribution is 2.29. The van der Waals surface area contributed by atoms with Crippen molar-refractivity contribution in [2.45, 2.75) is 13.5 Å². The normalized spacial score (nSPS) is 10.5. The number of rotatable bonds is 5. The summed E-state index contributed by atoms with van der Waals surface area (Å²) in [6, 6.07) is 6.60. The SMILES string of the molecule is CCOc1cc(CNc2c(F)cc(F)cc2Cl)ccc1O. The van der Waals surface area contributed by atoms with Gasteiger partial charge in [-0.3, -0.25) is 0 Å². The van der Waals surface area contributed by atoms with Crippen LogP contribution in [0.1, 0.15) is 12.5 Å². The molecule has 112 valence electrons. The van der Waals surface area contributed by atoms with E-state index >= 15 is 0 Å². The average molecular weight is 314 g/mol. The van der Waals surface area contributed by atoms with Crippen LogP contribution in [0.2, 0.25) is 5.02 Å². The van der Waals surface area contributed by atoms with Crippen LogP contribution in [-0.4, -0.2) is 11.7 Å². The number of aromatic hydroxyl groups is 1. The van der Waals surface area contributed by atoms with Gasteiger partial charge >= 0.3 is 0 Å². The lowest BCUT2D eigenvalue weighted by atomic mass is 10.2. The van der Waals surface area contributed by atoms with Crippen molar-refractivity contribution in [1.82, 2.24) is 0 Å². The van der Waals surface area contributed by atoms with Gasteiger partial charge in [0.2, 0.25) is 0 Å². The summed E-state index contributed by atoms with van der Waals surface area (Å²) < 4.78 is 31.8. The van der Waals surface area contributed by atoms with Gasteiger partial charge in [0.25, 0.3) is 0 Å². The number of phenolic OH excluding ortho intramolecular Hbond substituents is 1. The molecule has 0 heterocycles. The Kier molecular flexibility index (Phi) is 4.85. The Morgan fingerprint density at radius 2 is 2.00 bits per heavy atom. The van der Waals surface area contributed by atoms with Crippen LogP contribution in [-0.2, 0) is 6.54 Å². The molecule has 0 saturated carbocycles. The van der Waals surface area contributed by atoms with Gasteiger partial charge in [0.15, 0.2) is 17.3 Å². The van der Waals surface area contributed by atoms with Crippen molar-refractivity contribution in [1.29, 1.82) is 0 Å². The molecule has 0 aliphatic carbocycles. The van der Waals surface area contributed by atoms with Gasteiger partial charge in [0.1, 0.15) is 5.82 Å². The quantitative estimate of drug-likeness (QED) is 0.863. The highest BCUT2D eigenvalue weighted by Gasteiger charge is 2.10. The molecule has 0 aliphatic heterocycles. The number of phenols is 1. The number of anilines is 1. The molecule has 2 rings (SSSR count). The summed E-state index contributed by atoms with van der Waals surface area (Å²) in [5.74, 6) is -1.11. The third kappa shape index (κ3) is 3.76. The molecule has 0 unspecified atom stereocenters. The molecule has 0 radical (unpaired) electrons. The van der Waals surface area contributed by atoms with Crippen molar-refractivity contribution >= 4 is 17.3 Å². The van der Waals surface area contributed by atoms with Gasteiger partial charge in [-0.25, -0.2) is 8.78 Å². The second-order valence-electron chi connectivity index (χ2n) is 4.33. The lowest BCUT2D eigenvalue weighted by Gasteiger charge is -2.12. The molecule has 0 atom stereocenters. The van der Waals surface area contributed by atoms with E-state index in [-0.39, 0.29) is 23.0 Å². The first-order chi connectivity index (χ1) is 10.0. The minimum Gasteiger partial charge on any atom is -0.504 e. The van der Waals surface area contributed by atoms with E-state index in [4.69, 9.17) is 16.3 Å². The smallest absolute Gasteiger partial charge is 0.161 e. The summed E-state index contributed by atoms with van der Waals surface area (Å²) in [7, 11) is 0. The Morgan fingerprint density at radius 3 is 2.67 bits per heavy atom. The van der Waals surface area contributed by atoms with E-state index in [1.54, 1.807) is 19.1 Å². The van der Waals surface area contributed by atoms with E-state index in [9.17, 15) is 13.9 Å². The second-order valence-corrected chi connectivity index (χ2v) is 4.74. The van der Waals surface area contributed by atoms with Gasteiger partial charge in [0, 0.05) is 12.6 Å². The number of nitrogens with one attached hydrogen (secondary N) is 1. The first kappa shape index (κ1) is 15.4. The van der Waals surface area contributed by atoms with Crippen molar-refractivity contribution in [2.75, 3.05) is 11.9 Å². The van der Waals surface area contributed by atoms with Crippen molar-refractivity contribution in [3.8, 4) is 11.5 Å². The Labute approximate surface area is 126 Å². The topological polar surface area (TPSA) is 41.5 Å². The fourth-order valence-electron chi connectivity index (χ4n) is 1.84. The molecule has 0 amide bonds. The summed E-state index contributed by atoms with van der Waals surface area (Å²) in [6.07, 6.45) is 0. The average Bonchev–Trinajstić information content (AvgIpc) is 2.41. The number of hydrogen-bond acceptors (Lipinski definition) is 3. The minimum absolute atomic E-state index is 0.0312. The summed E-state index contributed by atoms with van der Waals surface area (Å²) >= 11 is 5.80. The molecule has 0 fully saturated rings. The van der Waals surface area contributed by atoms with Crippen LogP contribution in [0.3, 0.4) is 0 Å². The molecule has 2 aromatic rings. The van der Waals surface area contributed by atoms with Gasteiger partial charge in [-0.05, 0) is 30.7 Å². The zero-order valence-electron chi connectivity index (χ0n) is 11.3. The molecule has 0 saturated heterocycles. The van der Waals surface area contributed by atoms with Crippen LogP contribution < -0.4 is 10.1 Å². The molecule has 0 aromatic heterocycles. The number of ether oxygens (including phenoxy) is 1. The highest BCUT2D eigenvalue weighted by molar-refractivity contribution is 6.33. The maximum atomic E-state index is 13.6. The predicted octanol–water partition coefficient (Wildman–Crippen LogP) is 4.33. The van der Waals surface area contributed by atoms with Gasteiger partial charge < -0.3 is 15.2 Å². The van der Waals surface area contributed by atoms with Gasteiger partial charge in [-0.15, -0.1) is 0 Å². The molecule has 3 nitrogen and oxygen atoms in total.